The number of carbonyl (C=O) groups excluding carboxylic acids is 1. The normalized spacial score (nSPS) is 27.3. The topological polar surface area (TPSA) is 60.9 Å². The fourth-order valence-corrected chi connectivity index (χ4v) is 2.99. The Morgan fingerprint density at radius 2 is 1.94 bits per heavy atom. The van der Waals surface area contributed by atoms with Crippen molar-refractivity contribution >= 4 is 12.0 Å². The van der Waals surface area contributed by atoms with E-state index in [4.69, 9.17) is 5.11 Å². The number of urea groups is 1. The van der Waals surface area contributed by atoms with Crippen molar-refractivity contribution in [1.29, 1.82) is 0 Å². The molecule has 0 bridgehead atoms. The van der Waals surface area contributed by atoms with Gasteiger partial charge in [-0.1, -0.05) is 0 Å². The summed E-state index contributed by atoms with van der Waals surface area (Å²) in [6.07, 6.45) is 3.53. The number of carbonyl (C=O) groups is 2. The summed E-state index contributed by atoms with van der Waals surface area (Å²) in [6.45, 7) is 6.00. The van der Waals surface area contributed by atoms with Crippen molar-refractivity contribution in [3.05, 3.63) is 0 Å². The van der Waals surface area contributed by atoms with E-state index in [1.807, 2.05) is 4.90 Å². The summed E-state index contributed by atoms with van der Waals surface area (Å²) < 4.78 is 0. The third kappa shape index (κ3) is 2.44. The van der Waals surface area contributed by atoms with Crippen LogP contribution in [0.5, 0.6) is 0 Å². The second-order valence-corrected chi connectivity index (χ2v) is 5.97. The van der Waals surface area contributed by atoms with E-state index in [9.17, 15) is 9.59 Å². The summed E-state index contributed by atoms with van der Waals surface area (Å²) >= 11 is 0. The van der Waals surface area contributed by atoms with E-state index in [0.29, 0.717) is 19.5 Å². The van der Waals surface area contributed by atoms with Crippen molar-refractivity contribution < 1.29 is 14.7 Å². The fourth-order valence-electron chi connectivity index (χ4n) is 2.99. The number of likely N-dealkylation sites (tertiary alicyclic amines) is 2. The Bertz CT molecular complexity index is 354. The molecule has 2 saturated heterocycles. The molecule has 0 aromatic rings. The van der Waals surface area contributed by atoms with Crippen LogP contribution in [0.4, 0.5) is 4.79 Å². The van der Waals surface area contributed by atoms with Crippen molar-refractivity contribution in [2.45, 2.75) is 45.1 Å². The molecule has 1 atom stereocenters. The smallest absolute Gasteiger partial charge is 0.320 e. The van der Waals surface area contributed by atoms with Gasteiger partial charge in [0.1, 0.15) is 0 Å². The van der Waals surface area contributed by atoms with Crippen LogP contribution in [0.2, 0.25) is 0 Å². The van der Waals surface area contributed by atoms with E-state index in [0.717, 1.165) is 25.8 Å². The number of nitrogens with zero attached hydrogens (tertiary/aromatic N) is 2. The monoisotopic (exact) mass is 254 g/mol. The number of piperidine rings is 1. The predicted octanol–water partition coefficient (Wildman–Crippen LogP) is 1.78. The van der Waals surface area contributed by atoms with E-state index in [1.165, 1.54) is 0 Å². The molecule has 1 N–H and O–H groups in total. The number of aliphatic carboxylic acids is 1. The minimum absolute atomic E-state index is 0.0171. The maximum atomic E-state index is 12.4. The summed E-state index contributed by atoms with van der Waals surface area (Å²) in [5.41, 5.74) is -0.0900. The van der Waals surface area contributed by atoms with Crippen LogP contribution in [-0.4, -0.2) is 52.1 Å². The molecular weight excluding hydrogens is 232 g/mol. The van der Waals surface area contributed by atoms with Crippen LogP contribution in [0.1, 0.15) is 39.5 Å². The van der Waals surface area contributed by atoms with Crippen molar-refractivity contribution in [3.63, 3.8) is 0 Å². The number of hydrogen-bond donors (Lipinski definition) is 1. The molecule has 5 nitrogen and oxygen atoms in total. The standard InChI is InChI=1S/C13H22N2O3/c1-13(2)6-4-8-15(13)12(18)14-7-3-5-10(9-14)11(16)17/h10H,3-9H2,1-2H3,(H,16,17). The molecule has 2 heterocycles. The molecule has 2 aliphatic rings. The number of amides is 2. The summed E-state index contributed by atoms with van der Waals surface area (Å²) in [7, 11) is 0. The zero-order valence-electron chi connectivity index (χ0n) is 11.2. The lowest BCUT2D eigenvalue weighted by Gasteiger charge is -2.39. The number of carboxylic acid groups (broad SMARTS) is 1. The fraction of sp³-hybridized carbons (Fsp3) is 0.846. The number of carboxylic acids is 1. The van der Waals surface area contributed by atoms with Crippen LogP contribution in [0.25, 0.3) is 0 Å². The first-order valence-electron chi connectivity index (χ1n) is 6.71. The van der Waals surface area contributed by atoms with Crippen molar-refractivity contribution in [1.82, 2.24) is 9.80 Å². The van der Waals surface area contributed by atoms with Crippen LogP contribution in [0, 0.1) is 5.92 Å². The van der Waals surface area contributed by atoms with E-state index in [-0.39, 0.29) is 11.6 Å². The highest BCUT2D eigenvalue weighted by Gasteiger charge is 2.39. The molecule has 18 heavy (non-hydrogen) atoms. The summed E-state index contributed by atoms with van der Waals surface area (Å²) in [5, 5.41) is 9.05. The molecule has 2 rings (SSSR count). The Hall–Kier alpha value is -1.26. The first-order chi connectivity index (χ1) is 8.42. The molecular formula is C13H22N2O3. The minimum atomic E-state index is -0.784. The molecule has 0 aromatic carbocycles. The van der Waals surface area contributed by atoms with E-state index >= 15 is 0 Å². The second kappa shape index (κ2) is 4.78. The van der Waals surface area contributed by atoms with Gasteiger partial charge in [0, 0.05) is 25.2 Å². The molecule has 2 fully saturated rings. The maximum absolute atomic E-state index is 12.4. The highest BCUT2D eigenvalue weighted by atomic mass is 16.4. The van der Waals surface area contributed by atoms with Gasteiger partial charge in [0.15, 0.2) is 0 Å². The van der Waals surface area contributed by atoms with E-state index in [1.54, 1.807) is 4.90 Å². The Balaban J connectivity index is 2.03. The lowest BCUT2D eigenvalue weighted by molar-refractivity contribution is -0.143. The van der Waals surface area contributed by atoms with Gasteiger partial charge in [-0.25, -0.2) is 4.79 Å². The quantitative estimate of drug-likeness (QED) is 0.776. The van der Waals surface area contributed by atoms with Gasteiger partial charge in [0.05, 0.1) is 5.92 Å². The van der Waals surface area contributed by atoms with Crippen molar-refractivity contribution in [2.75, 3.05) is 19.6 Å². The highest BCUT2D eigenvalue weighted by molar-refractivity contribution is 5.77. The molecule has 0 radical (unpaired) electrons. The first-order valence-corrected chi connectivity index (χ1v) is 6.71. The van der Waals surface area contributed by atoms with Gasteiger partial charge in [-0.15, -0.1) is 0 Å². The third-order valence-electron chi connectivity index (χ3n) is 4.17. The number of hydrogen-bond acceptors (Lipinski definition) is 2. The molecule has 0 aliphatic carbocycles. The van der Waals surface area contributed by atoms with Crippen LogP contribution in [0.15, 0.2) is 0 Å². The Labute approximate surface area is 108 Å². The van der Waals surface area contributed by atoms with Gasteiger partial charge in [0.2, 0.25) is 0 Å². The van der Waals surface area contributed by atoms with Gasteiger partial charge < -0.3 is 14.9 Å². The van der Waals surface area contributed by atoms with Crippen LogP contribution >= 0.6 is 0 Å². The summed E-state index contributed by atoms with van der Waals surface area (Å²) in [5.74, 6) is -1.18. The van der Waals surface area contributed by atoms with Crippen LogP contribution in [0.3, 0.4) is 0 Å². The Kier molecular flexibility index (Phi) is 3.50. The number of rotatable bonds is 1. The summed E-state index contributed by atoms with van der Waals surface area (Å²) in [6, 6.07) is 0.0171. The molecule has 2 amide bonds. The predicted molar refractivity (Wildman–Crippen MR) is 67.3 cm³/mol. The molecule has 0 spiro atoms. The Morgan fingerprint density at radius 1 is 1.22 bits per heavy atom. The lowest BCUT2D eigenvalue weighted by atomic mass is 9.98. The van der Waals surface area contributed by atoms with Gasteiger partial charge in [-0.2, -0.15) is 0 Å². The van der Waals surface area contributed by atoms with Gasteiger partial charge in [-0.05, 0) is 39.5 Å². The molecule has 1 unspecified atom stereocenters. The summed E-state index contributed by atoms with van der Waals surface area (Å²) in [4.78, 5) is 27.1. The van der Waals surface area contributed by atoms with Gasteiger partial charge >= 0.3 is 12.0 Å². The molecule has 0 saturated carbocycles. The average molecular weight is 254 g/mol. The highest BCUT2D eigenvalue weighted by Crippen LogP contribution is 2.30. The Morgan fingerprint density at radius 3 is 2.50 bits per heavy atom. The van der Waals surface area contributed by atoms with Crippen LogP contribution < -0.4 is 0 Å². The van der Waals surface area contributed by atoms with Crippen molar-refractivity contribution in [3.8, 4) is 0 Å². The minimum Gasteiger partial charge on any atom is -0.481 e. The van der Waals surface area contributed by atoms with Gasteiger partial charge in [0.25, 0.3) is 0 Å². The second-order valence-electron chi connectivity index (χ2n) is 5.97. The third-order valence-corrected chi connectivity index (χ3v) is 4.17. The first kappa shape index (κ1) is 13.2. The molecule has 0 aromatic heterocycles. The molecule has 102 valence electrons. The molecule has 5 heteroatoms. The lowest BCUT2D eigenvalue weighted by Crippen LogP contribution is -2.53. The van der Waals surface area contributed by atoms with Crippen LogP contribution in [-0.2, 0) is 4.79 Å². The zero-order valence-corrected chi connectivity index (χ0v) is 11.2. The van der Waals surface area contributed by atoms with E-state index in [2.05, 4.69) is 13.8 Å². The van der Waals surface area contributed by atoms with Gasteiger partial charge in [-0.3, -0.25) is 4.79 Å². The SMILES string of the molecule is CC1(C)CCCN1C(=O)N1CCCC(C(=O)O)C1. The largest absolute Gasteiger partial charge is 0.481 e. The average Bonchev–Trinajstić information content (AvgIpc) is 2.68. The van der Waals surface area contributed by atoms with E-state index < -0.39 is 11.9 Å². The molecule has 2 aliphatic heterocycles. The van der Waals surface area contributed by atoms with Crippen molar-refractivity contribution in [2.24, 2.45) is 5.92 Å². The zero-order chi connectivity index (χ0) is 13.3. The maximum Gasteiger partial charge on any atom is 0.320 e.